The Bertz CT molecular complexity index is 705. The second kappa shape index (κ2) is 6.64. The maximum atomic E-state index is 13.4. The zero-order valence-electron chi connectivity index (χ0n) is 11.4. The number of pyridine rings is 1. The molecule has 2 aromatic rings. The van der Waals surface area contributed by atoms with E-state index >= 15 is 0 Å². The largest absolute Gasteiger partial charge is 0.491 e. The van der Waals surface area contributed by atoms with Crippen molar-refractivity contribution in [3.8, 4) is 5.75 Å². The highest BCUT2D eigenvalue weighted by molar-refractivity contribution is 7.89. The minimum absolute atomic E-state index is 0.0404. The molecule has 1 aromatic carbocycles. The monoisotopic (exact) mass is 310 g/mol. The van der Waals surface area contributed by atoms with Crippen LogP contribution in [0.3, 0.4) is 0 Å². The van der Waals surface area contributed by atoms with Gasteiger partial charge in [0.2, 0.25) is 10.0 Å². The number of nitrogens with one attached hydrogen (secondary N) is 1. The summed E-state index contributed by atoms with van der Waals surface area (Å²) in [6.07, 6.45) is 3.16. The van der Waals surface area contributed by atoms with Gasteiger partial charge in [-0.15, -0.1) is 0 Å². The number of aromatic nitrogens is 1. The van der Waals surface area contributed by atoms with Gasteiger partial charge in [0.15, 0.2) is 11.6 Å². The number of ether oxygens (including phenoxy) is 1. The lowest BCUT2D eigenvalue weighted by atomic mass is 10.3. The Balaban J connectivity index is 2.17. The van der Waals surface area contributed by atoms with Crippen molar-refractivity contribution < 1.29 is 17.5 Å². The number of rotatable bonds is 6. The van der Waals surface area contributed by atoms with Crippen LogP contribution in [0.15, 0.2) is 47.6 Å². The van der Waals surface area contributed by atoms with Crippen molar-refractivity contribution in [2.75, 3.05) is 6.61 Å². The number of nitrogens with zero attached hydrogens (tertiary/aromatic N) is 1. The van der Waals surface area contributed by atoms with Crippen LogP contribution in [0.1, 0.15) is 12.5 Å². The molecule has 5 nitrogen and oxygen atoms in total. The molecule has 0 saturated heterocycles. The first-order chi connectivity index (χ1) is 10.0. The zero-order valence-corrected chi connectivity index (χ0v) is 12.2. The normalized spacial score (nSPS) is 11.3. The fourth-order valence-corrected chi connectivity index (χ4v) is 2.71. The first kappa shape index (κ1) is 15.4. The van der Waals surface area contributed by atoms with Crippen LogP contribution >= 0.6 is 0 Å². The lowest BCUT2D eigenvalue weighted by Crippen LogP contribution is -2.23. The molecule has 0 atom stereocenters. The van der Waals surface area contributed by atoms with Crippen LogP contribution in [0, 0.1) is 5.82 Å². The Morgan fingerprint density at radius 2 is 1.95 bits per heavy atom. The Morgan fingerprint density at radius 1 is 1.24 bits per heavy atom. The highest BCUT2D eigenvalue weighted by atomic mass is 32.2. The number of halogens is 1. The van der Waals surface area contributed by atoms with E-state index in [-0.39, 0.29) is 23.8 Å². The molecule has 1 heterocycles. The van der Waals surface area contributed by atoms with E-state index in [2.05, 4.69) is 9.71 Å². The van der Waals surface area contributed by atoms with Crippen LogP contribution in [0.25, 0.3) is 0 Å². The van der Waals surface area contributed by atoms with E-state index in [9.17, 15) is 12.8 Å². The summed E-state index contributed by atoms with van der Waals surface area (Å²) in [7, 11) is -3.73. The third-order valence-corrected chi connectivity index (χ3v) is 4.13. The fraction of sp³-hybridized carbons (Fsp3) is 0.214. The number of sulfonamides is 1. The third kappa shape index (κ3) is 3.99. The van der Waals surface area contributed by atoms with Crippen LogP contribution in [0.2, 0.25) is 0 Å². The number of benzene rings is 1. The molecule has 21 heavy (non-hydrogen) atoms. The van der Waals surface area contributed by atoms with Crippen molar-refractivity contribution in [1.82, 2.24) is 9.71 Å². The van der Waals surface area contributed by atoms with E-state index in [1.54, 1.807) is 31.5 Å². The molecule has 112 valence electrons. The first-order valence-electron chi connectivity index (χ1n) is 6.34. The molecule has 0 fully saturated rings. The van der Waals surface area contributed by atoms with Gasteiger partial charge in [-0.25, -0.2) is 17.5 Å². The molecular formula is C14H15FN2O3S. The molecule has 0 saturated carbocycles. The van der Waals surface area contributed by atoms with Gasteiger partial charge in [-0.3, -0.25) is 4.98 Å². The van der Waals surface area contributed by atoms with Crippen LogP contribution in [0.5, 0.6) is 5.75 Å². The molecule has 0 aliphatic heterocycles. The van der Waals surface area contributed by atoms with E-state index < -0.39 is 15.8 Å². The average molecular weight is 310 g/mol. The molecule has 0 bridgehead atoms. The van der Waals surface area contributed by atoms with Gasteiger partial charge in [-0.2, -0.15) is 0 Å². The molecule has 0 amide bonds. The Morgan fingerprint density at radius 3 is 2.62 bits per heavy atom. The predicted octanol–water partition coefficient (Wildman–Crippen LogP) is 2.10. The standard InChI is InChI=1S/C14H15FN2O3S/c1-2-20-14-9-12(3-4-13(14)15)21(18,19)17-10-11-5-7-16-8-6-11/h3-9,17H,2,10H2,1H3. The molecule has 7 heteroatoms. The summed E-state index contributed by atoms with van der Waals surface area (Å²) >= 11 is 0. The van der Waals surface area contributed by atoms with Crippen molar-refractivity contribution in [2.24, 2.45) is 0 Å². The van der Waals surface area contributed by atoms with Gasteiger partial charge in [-0.05, 0) is 36.8 Å². The van der Waals surface area contributed by atoms with Gasteiger partial charge < -0.3 is 4.74 Å². The average Bonchev–Trinajstić information content (AvgIpc) is 2.49. The second-order valence-electron chi connectivity index (χ2n) is 4.21. The maximum absolute atomic E-state index is 13.4. The van der Waals surface area contributed by atoms with Crippen molar-refractivity contribution >= 4 is 10.0 Å². The minimum Gasteiger partial charge on any atom is -0.491 e. The van der Waals surface area contributed by atoms with Gasteiger partial charge in [0.1, 0.15) is 0 Å². The summed E-state index contributed by atoms with van der Waals surface area (Å²) in [6, 6.07) is 6.87. The molecule has 1 aromatic heterocycles. The lowest BCUT2D eigenvalue weighted by Gasteiger charge is -2.09. The van der Waals surface area contributed by atoms with E-state index in [0.29, 0.717) is 0 Å². The first-order valence-corrected chi connectivity index (χ1v) is 7.82. The molecule has 2 rings (SSSR count). The van der Waals surface area contributed by atoms with Crippen LogP contribution in [-0.4, -0.2) is 20.0 Å². The molecule has 0 spiro atoms. The fourth-order valence-electron chi connectivity index (χ4n) is 1.68. The Labute approximate surface area is 122 Å². The number of hydrogen-bond donors (Lipinski definition) is 1. The van der Waals surface area contributed by atoms with Crippen molar-refractivity contribution in [3.63, 3.8) is 0 Å². The topological polar surface area (TPSA) is 68.3 Å². The summed E-state index contributed by atoms with van der Waals surface area (Å²) in [6.45, 7) is 2.08. The second-order valence-corrected chi connectivity index (χ2v) is 5.97. The molecule has 1 N–H and O–H groups in total. The summed E-state index contributed by atoms with van der Waals surface area (Å²) in [5.41, 5.74) is 0.778. The molecular weight excluding hydrogens is 295 g/mol. The van der Waals surface area contributed by atoms with E-state index in [0.717, 1.165) is 11.6 Å². The highest BCUT2D eigenvalue weighted by Gasteiger charge is 2.16. The van der Waals surface area contributed by atoms with Crippen LogP contribution in [0.4, 0.5) is 4.39 Å². The quantitative estimate of drug-likeness (QED) is 0.887. The highest BCUT2D eigenvalue weighted by Crippen LogP contribution is 2.21. The minimum atomic E-state index is -3.73. The van der Waals surface area contributed by atoms with Crippen molar-refractivity contribution in [2.45, 2.75) is 18.4 Å². The predicted molar refractivity (Wildman–Crippen MR) is 75.8 cm³/mol. The SMILES string of the molecule is CCOc1cc(S(=O)(=O)NCc2ccncc2)ccc1F. The van der Waals surface area contributed by atoms with E-state index in [1.165, 1.54) is 12.1 Å². The molecule has 0 aliphatic carbocycles. The van der Waals surface area contributed by atoms with Gasteiger partial charge in [0, 0.05) is 25.0 Å². The zero-order chi connectivity index (χ0) is 15.3. The van der Waals surface area contributed by atoms with Gasteiger partial charge in [0.05, 0.1) is 11.5 Å². The summed E-state index contributed by atoms with van der Waals surface area (Å²) in [4.78, 5) is 3.81. The van der Waals surface area contributed by atoms with Gasteiger partial charge in [0.25, 0.3) is 0 Å². The van der Waals surface area contributed by atoms with Crippen LogP contribution < -0.4 is 9.46 Å². The molecule has 0 unspecified atom stereocenters. The molecule has 0 aliphatic rings. The van der Waals surface area contributed by atoms with Crippen LogP contribution in [-0.2, 0) is 16.6 Å². The van der Waals surface area contributed by atoms with Crippen molar-refractivity contribution in [1.29, 1.82) is 0 Å². The Kier molecular flexibility index (Phi) is 4.87. The van der Waals surface area contributed by atoms with E-state index in [1.807, 2.05) is 0 Å². The maximum Gasteiger partial charge on any atom is 0.241 e. The van der Waals surface area contributed by atoms with Gasteiger partial charge >= 0.3 is 0 Å². The molecule has 0 radical (unpaired) electrons. The third-order valence-electron chi connectivity index (χ3n) is 2.73. The van der Waals surface area contributed by atoms with Gasteiger partial charge in [-0.1, -0.05) is 0 Å². The summed E-state index contributed by atoms with van der Waals surface area (Å²) in [5, 5.41) is 0. The van der Waals surface area contributed by atoms with E-state index in [4.69, 9.17) is 4.74 Å². The summed E-state index contributed by atoms with van der Waals surface area (Å²) < 4.78 is 45.3. The summed E-state index contributed by atoms with van der Waals surface area (Å²) in [5.74, 6) is -0.672. The Hall–Kier alpha value is -1.99. The van der Waals surface area contributed by atoms with Crippen molar-refractivity contribution in [3.05, 3.63) is 54.1 Å². The lowest BCUT2D eigenvalue weighted by molar-refractivity contribution is 0.320. The smallest absolute Gasteiger partial charge is 0.241 e. The number of hydrogen-bond acceptors (Lipinski definition) is 4.